The number of rotatable bonds is 6. The summed E-state index contributed by atoms with van der Waals surface area (Å²) in [5, 5.41) is 20.3. The number of hydrogen-bond acceptors (Lipinski definition) is 3. The molecule has 2 aliphatic rings. The zero-order valence-electron chi connectivity index (χ0n) is 19.6. The van der Waals surface area contributed by atoms with Crippen LogP contribution in [0.1, 0.15) is 83.8 Å². The minimum Gasteiger partial charge on any atom is -0.508 e. The van der Waals surface area contributed by atoms with Gasteiger partial charge in [-0.2, -0.15) is 0 Å². The van der Waals surface area contributed by atoms with E-state index in [-0.39, 0.29) is 17.1 Å². The second-order valence-corrected chi connectivity index (χ2v) is 10.5. The van der Waals surface area contributed by atoms with Gasteiger partial charge < -0.3 is 14.9 Å². The summed E-state index contributed by atoms with van der Waals surface area (Å²) in [6.07, 6.45) is 9.97. The van der Waals surface area contributed by atoms with Crippen LogP contribution in [0.15, 0.2) is 35.9 Å². The smallest absolute Gasteiger partial charge is 0.126 e. The van der Waals surface area contributed by atoms with Gasteiger partial charge in [-0.1, -0.05) is 37.6 Å². The van der Waals surface area contributed by atoms with Crippen LogP contribution in [-0.4, -0.2) is 21.9 Å². The largest absolute Gasteiger partial charge is 0.508 e. The summed E-state index contributed by atoms with van der Waals surface area (Å²) < 4.78 is 6.42. The maximum Gasteiger partial charge on any atom is 0.126 e. The third-order valence-electron chi connectivity index (χ3n) is 7.59. The molecule has 3 heteroatoms. The SMILES string of the molecule is C=C1CCC(O)C(C)(C)C1CC/C(C)=C/CCC1(C)CCc2cc(O)cc(C)c2O1. The summed E-state index contributed by atoms with van der Waals surface area (Å²) in [5.74, 6) is 1.67. The first kappa shape index (κ1) is 22.9. The second-order valence-electron chi connectivity index (χ2n) is 10.5. The van der Waals surface area contributed by atoms with Gasteiger partial charge in [0.05, 0.1) is 6.10 Å². The average Bonchev–Trinajstić information content (AvgIpc) is 2.65. The lowest BCUT2D eigenvalue weighted by molar-refractivity contribution is -0.00881. The molecule has 3 atom stereocenters. The van der Waals surface area contributed by atoms with Crippen molar-refractivity contribution in [1.82, 2.24) is 0 Å². The van der Waals surface area contributed by atoms with E-state index in [9.17, 15) is 10.2 Å². The van der Waals surface area contributed by atoms with Gasteiger partial charge in [0.25, 0.3) is 0 Å². The zero-order chi connectivity index (χ0) is 22.1. The first-order valence-electron chi connectivity index (χ1n) is 11.5. The van der Waals surface area contributed by atoms with Crippen LogP contribution in [0.2, 0.25) is 0 Å². The highest BCUT2D eigenvalue weighted by Crippen LogP contribution is 2.46. The van der Waals surface area contributed by atoms with Crippen molar-refractivity contribution in [2.24, 2.45) is 11.3 Å². The van der Waals surface area contributed by atoms with E-state index in [1.807, 2.05) is 13.0 Å². The van der Waals surface area contributed by atoms with E-state index in [0.717, 1.165) is 68.2 Å². The number of allylic oxidation sites excluding steroid dienone is 3. The van der Waals surface area contributed by atoms with E-state index in [1.165, 1.54) is 11.1 Å². The van der Waals surface area contributed by atoms with Crippen LogP contribution in [0.25, 0.3) is 0 Å². The highest BCUT2D eigenvalue weighted by molar-refractivity contribution is 5.47. The number of aromatic hydroxyl groups is 1. The molecule has 1 heterocycles. The number of fused-ring (bicyclic) bond motifs is 1. The number of aryl methyl sites for hydroxylation is 2. The van der Waals surface area contributed by atoms with Crippen molar-refractivity contribution in [1.29, 1.82) is 0 Å². The van der Waals surface area contributed by atoms with Gasteiger partial charge in [0.15, 0.2) is 0 Å². The minimum atomic E-state index is -0.228. The number of aliphatic hydroxyl groups is 1. The van der Waals surface area contributed by atoms with Crippen molar-refractivity contribution < 1.29 is 14.9 Å². The Hall–Kier alpha value is -1.74. The molecule has 1 aromatic carbocycles. The van der Waals surface area contributed by atoms with Crippen LogP contribution in [-0.2, 0) is 6.42 Å². The third kappa shape index (κ3) is 4.94. The van der Waals surface area contributed by atoms with Gasteiger partial charge >= 0.3 is 0 Å². The molecular weight excluding hydrogens is 372 g/mol. The topological polar surface area (TPSA) is 49.7 Å². The summed E-state index contributed by atoms with van der Waals surface area (Å²) in [5.41, 5.74) is 4.61. The maximum atomic E-state index is 10.4. The van der Waals surface area contributed by atoms with Crippen molar-refractivity contribution in [2.45, 2.75) is 97.7 Å². The summed E-state index contributed by atoms with van der Waals surface area (Å²) in [6, 6.07) is 3.62. The summed E-state index contributed by atoms with van der Waals surface area (Å²) in [6.45, 7) is 15.1. The Balaban J connectivity index is 1.54. The number of ether oxygens (including phenoxy) is 1. The molecule has 0 saturated heterocycles. The molecule has 2 N–H and O–H groups in total. The molecule has 1 aromatic rings. The van der Waals surface area contributed by atoms with Gasteiger partial charge in [-0.05, 0) is 107 Å². The van der Waals surface area contributed by atoms with Gasteiger partial charge in [-0.3, -0.25) is 0 Å². The third-order valence-corrected chi connectivity index (χ3v) is 7.59. The Morgan fingerprint density at radius 3 is 2.73 bits per heavy atom. The van der Waals surface area contributed by atoms with Gasteiger partial charge in [-0.25, -0.2) is 0 Å². The van der Waals surface area contributed by atoms with Crippen molar-refractivity contribution >= 4 is 0 Å². The molecule has 0 aromatic heterocycles. The fourth-order valence-corrected chi connectivity index (χ4v) is 5.33. The molecule has 1 aliphatic carbocycles. The van der Waals surface area contributed by atoms with E-state index in [1.54, 1.807) is 6.07 Å². The van der Waals surface area contributed by atoms with Crippen LogP contribution in [0.5, 0.6) is 11.5 Å². The van der Waals surface area contributed by atoms with Gasteiger partial charge in [0.1, 0.15) is 17.1 Å². The Kier molecular flexibility index (Phi) is 6.72. The van der Waals surface area contributed by atoms with Crippen LogP contribution < -0.4 is 4.74 Å². The van der Waals surface area contributed by atoms with Gasteiger partial charge in [-0.15, -0.1) is 0 Å². The number of aliphatic hydroxyl groups excluding tert-OH is 1. The molecule has 0 spiro atoms. The summed E-state index contributed by atoms with van der Waals surface area (Å²) in [4.78, 5) is 0. The van der Waals surface area contributed by atoms with Gasteiger partial charge in [0, 0.05) is 0 Å². The van der Waals surface area contributed by atoms with Crippen LogP contribution in [0.3, 0.4) is 0 Å². The van der Waals surface area contributed by atoms with E-state index in [0.29, 0.717) is 11.7 Å². The first-order valence-corrected chi connectivity index (χ1v) is 11.5. The lowest BCUT2D eigenvalue weighted by Gasteiger charge is -2.44. The molecule has 1 fully saturated rings. The fourth-order valence-electron chi connectivity index (χ4n) is 5.33. The second kappa shape index (κ2) is 8.78. The van der Waals surface area contributed by atoms with Crippen molar-refractivity contribution in [3.63, 3.8) is 0 Å². The predicted octanol–water partition coefficient (Wildman–Crippen LogP) is 6.64. The highest BCUT2D eigenvalue weighted by atomic mass is 16.5. The van der Waals surface area contributed by atoms with Crippen molar-refractivity contribution in [3.05, 3.63) is 47.1 Å². The van der Waals surface area contributed by atoms with E-state index < -0.39 is 0 Å². The van der Waals surface area contributed by atoms with Gasteiger partial charge in [0.2, 0.25) is 0 Å². The standard InChI is InChI=1S/C27H40O3/c1-18(9-11-23-19(2)10-12-24(29)26(23,4)5)8-7-14-27(6)15-13-21-17-22(28)16-20(3)25(21)30-27/h8,16-17,23-24,28-29H,2,7,9-15H2,1,3-6H3/b18-8+. The van der Waals surface area contributed by atoms with E-state index in [4.69, 9.17) is 4.74 Å². The van der Waals surface area contributed by atoms with Crippen LogP contribution >= 0.6 is 0 Å². The zero-order valence-corrected chi connectivity index (χ0v) is 19.6. The molecule has 0 amide bonds. The van der Waals surface area contributed by atoms with Crippen LogP contribution in [0, 0.1) is 18.3 Å². The molecule has 3 rings (SSSR count). The Morgan fingerprint density at radius 1 is 1.27 bits per heavy atom. The number of phenolic OH excluding ortho intramolecular Hbond substituents is 1. The van der Waals surface area contributed by atoms with E-state index in [2.05, 4.69) is 40.3 Å². The Bertz CT molecular complexity index is 820. The molecule has 3 nitrogen and oxygen atoms in total. The Morgan fingerprint density at radius 2 is 2.00 bits per heavy atom. The molecule has 0 radical (unpaired) electrons. The molecule has 166 valence electrons. The number of benzene rings is 1. The van der Waals surface area contributed by atoms with E-state index >= 15 is 0 Å². The lowest BCUT2D eigenvalue weighted by Crippen LogP contribution is -2.41. The Labute approximate surface area is 182 Å². The predicted molar refractivity (Wildman–Crippen MR) is 124 cm³/mol. The summed E-state index contributed by atoms with van der Waals surface area (Å²) in [7, 11) is 0. The normalized spacial score (nSPS) is 28.7. The monoisotopic (exact) mass is 412 g/mol. The van der Waals surface area contributed by atoms with Crippen molar-refractivity contribution in [2.75, 3.05) is 0 Å². The average molecular weight is 413 g/mol. The highest BCUT2D eigenvalue weighted by Gasteiger charge is 2.40. The number of phenols is 1. The molecule has 1 saturated carbocycles. The molecular formula is C27H40O3. The maximum absolute atomic E-state index is 10.4. The van der Waals surface area contributed by atoms with Crippen LogP contribution in [0.4, 0.5) is 0 Å². The first-order chi connectivity index (χ1) is 14.0. The fraction of sp³-hybridized carbons (Fsp3) is 0.630. The molecule has 30 heavy (non-hydrogen) atoms. The minimum absolute atomic E-state index is 0.0846. The molecule has 0 bridgehead atoms. The lowest BCUT2D eigenvalue weighted by atomic mass is 9.63. The van der Waals surface area contributed by atoms with Crippen molar-refractivity contribution in [3.8, 4) is 11.5 Å². The summed E-state index contributed by atoms with van der Waals surface area (Å²) >= 11 is 0. The quantitative estimate of drug-likeness (QED) is 0.515. The molecule has 1 aliphatic heterocycles. The molecule has 3 unspecified atom stereocenters. The number of hydrogen-bond donors (Lipinski definition) is 2.